The molecule has 1 atom stereocenters. The fourth-order valence-electron chi connectivity index (χ4n) is 4.16. The Morgan fingerprint density at radius 1 is 0.849 bits per heavy atom. The van der Waals surface area contributed by atoms with Crippen LogP contribution in [0.1, 0.15) is 29.0 Å². The van der Waals surface area contributed by atoms with Crippen molar-refractivity contribution in [2.75, 3.05) is 13.1 Å². The number of hydrogen-bond acceptors (Lipinski definition) is 10. The van der Waals surface area contributed by atoms with Gasteiger partial charge in [-0.3, -0.25) is 25.0 Å². The van der Waals surface area contributed by atoms with E-state index in [1.54, 1.807) is 30.3 Å². The lowest BCUT2D eigenvalue weighted by Gasteiger charge is -2.14. The number of hydrogen-bond donors (Lipinski definition) is 5. The van der Waals surface area contributed by atoms with Crippen LogP contribution in [0.3, 0.4) is 0 Å². The van der Waals surface area contributed by atoms with Crippen LogP contribution in [0.4, 0.5) is 42.1 Å². The number of rotatable bonds is 11. The van der Waals surface area contributed by atoms with E-state index in [9.17, 15) is 55.8 Å². The summed E-state index contributed by atoms with van der Waals surface area (Å²) in [7, 11) is 0. The highest BCUT2D eigenvalue weighted by atomic mass is 19.4. The molecule has 0 saturated carbocycles. The van der Waals surface area contributed by atoms with Crippen molar-refractivity contribution < 1.29 is 65.2 Å². The molecule has 0 aliphatic carbocycles. The number of benzene rings is 3. The smallest absolute Gasteiger partial charge is 0.475 e. The van der Waals surface area contributed by atoms with Crippen LogP contribution in [0.2, 0.25) is 0 Å². The maximum absolute atomic E-state index is 14.7. The Kier molecular flexibility index (Phi) is 14.8. The standard InChI is InChI=1S/C26H26FN7O5.2C2HF3O2/c27-22-9-8-21(34(38)39)12-18(22)15-32-24-13-17(16-3-6-20(7-4-16)33(36)37)5-10-23(24)31-25(32)26(35)30-14-19(29)2-1-11-28;2*3-2(4,5)1(6)7/h3-10,12-13,19H,1-2,11,14-15,28-29H2,(H,30,35);2*(H,6,7)/t19-;;/m0../s1. The van der Waals surface area contributed by atoms with Gasteiger partial charge in [-0.1, -0.05) is 6.07 Å². The van der Waals surface area contributed by atoms with Gasteiger partial charge < -0.3 is 31.6 Å². The number of nitro groups is 2. The van der Waals surface area contributed by atoms with Crippen molar-refractivity contribution in [1.29, 1.82) is 0 Å². The van der Waals surface area contributed by atoms with Gasteiger partial charge in [-0.25, -0.2) is 19.0 Å². The molecule has 3 aromatic carbocycles. The van der Waals surface area contributed by atoms with Gasteiger partial charge in [0.15, 0.2) is 5.82 Å². The Morgan fingerprint density at radius 2 is 1.36 bits per heavy atom. The number of aliphatic carboxylic acids is 2. The Hall–Kier alpha value is -6.23. The summed E-state index contributed by atoms with van der Waals surface area (Å²) in [6.45, 7) is 0.431. The predicted molar refractivity (Wildman–Crippen MR) is 170 cm³/mol. The number of carbonyl (C=O) groups excluding carboxylic acids is 1. The van der Waals surface area contributed by atoms with E-state index in [0.29, 0.717) is 41.5 Å². The molecule has 4 aromatic rings. The molecule has 0 unspecified atom stereocenters. The maximum atomic E-state index is 14.7. The lowest BCUT2D eigenvalue weighted by Crippen LogP contribution is -2.38. The first-order chi connectivity index (χ1) is 24.6. The van der Waals surface area contributed by atoms with Gasteiger partial charge in [-0.15, -0.1) is 0 Å². The average molecular weight is 764 g/mol. The number of nitro benzene ring substituents is 2. The number of carboxylic acids is 2. The number of aromatic nitrogens is 2. The van der Waals surface area contributed by atoms with E-state index in [2.05, 4.69) is 10.3 Å². The van der Waals surface area contributed by atoms with Crippen LogP contribution in [-0.2, 0) is 16.1 Å². The van der Waals surface area contributed by atoms with E-state index in [-0.39, 0.29) is 41.9 Å². The van der Waals surface area contributed by atoms with E-state index in [1.165, 1.54) is 16.7 Å². The predicted octanol–water partition coefficient (Wildman–Crippen LogP) is 4.77. The topological polar surface area (TPSA) is 260 Å². The number of alkyl halides is 6. The number of nitrogens with two attached hydrogens (primary N) is 2. The molecule has 0 aliphatic heterocycles. The minimum absolute atomic E-state index is 0.00191. The molecule has 0 aliphatic rings. The largest absolute Gasteiger partial charge is 0.490 e. The quantitative estimate of drug-likeness (QED) is 0.0786. The number of non-ortho nitro benzene ring substituents is 2. The molecule has 1 amide bonds. The molecule has 16 nitrogen and oxygen atoms in total. The van der Waals surface area contributed by atoms with Crippen molar-refractivity contribution in [3.63, 3.8) is 0 Å². The molecule has 1 heterocycles. The third-order valence-electron chi connectivity index (χ3n) is 6.72. The molecule has 4 rings (SSSR count). The summed E-state index contributed by atoms with van der Waals surface area (Å²) in [5, 5.41) is 39.3. The molecular weight excluding hydrogens is 735 g/mol. The van der Waals surface area contributed by atoms with Gasteiger partial charge in [-0.05, 0) is 60.8 Å². The molecule has 0 fully saturated rings. The van der Waals surface area contributed by atoms with Gasteiger partial charge in [0.2, 0.25) is 0 Å². The molecule has 7 N–H and O–H groups in total. The number of nitrogens with one attached hydrogen (secondary N) is 1. The number of halogens is 7. The third-order valence-corrected chi connectivity index (χ3v) is 6.72. The van der Waals surface area contributed by atoms with Crippen LogP contribution in [0.5, 0.6) is 0 Å². The molecule has 23 heteroatoms. The maximum Gasteiger partial charge on any atom is 0.490 e. The highest BCUT2D eigenvalue weighted by molar-refractivity contribution is 5.96. The number of carbonyl (C=O) groups is 3. The van der Waals surface area contributed by atoms with Crippen molar-refractivity contribution >= 4 is 40.3 Å². The zero-order valence-electron chi connectivity index (χ0n) is 26.7. The zero-order chi connectivity index (χ0) is 40.3. The molecule has 53 heavy (non-hydrogen) atoms. The second kappa shape index (κ2) is 18.3. The molecule has 286 valence electrons. The average Bonchev–Trinajstić information content (AvgIpc) is 3.44. The Morgan fingerprint density at radius 3 is 1.85 bits per heavy atom. The van der Waals surface area contributed by atoms with Crippen LogP contribution < -0.4 is 16.8 Å². The summed E-state index contributed by atoms with van der Waals surface area (Å²) in [5.41, 5.74) is 13.5. The van der Waals surface area contributed by atoms with Crippen molar-refractivity contribution in [1.82, 2.24) is 14.9 Å². The Balaban J connectivity index is 0.000000587. The van der Waals surface area contributed by atoms with Crippen molar-refractivity contribution in [2.45, 2.75) is 37.8 Å². The molecular formula is C30H28F7N7O9. The normalized spacial score (nSPS) is 11.7. The fourth-order valence-corrected chi connectivity index (χ4v) is 4.16. The Labute approximate surface area is 292 Å². The number of imidazole rings is 1. The summed E-state index contributed by atoms with van der Waals surface area (Å²) >= 11 is 0. The van der Waals surface area contributed by atoms with Crippen LogP contribution in [0, 0.1) is 26.0 Å². The second-order valence-electron chi connectivity index (χ2n) is 10.6. The van der Waals surface area contributed by atoms with Gasteiger partial charge in [-0.2, -0.15) is 26.3 Å². The fraction of sp³-hybridized carbons (Fsp3) is 0.267. The summed E-state index contributed by atoms with van der Waals surface area (Å²) in [5.74, 6) is -6.76. The minimum Gasteiger partial charge on any atom is -0.475 e. The molecule has 1 aromatic heterocycles. The monoisotopic (exact) mass is 763 g/mol. The van der Waals surface area contributed by atoms with Gasteiger partial charge >= 0.3 is 24.3 Å². The van der Waals surface area contributed by atoms with E-state index in [0.717, 1.165) is 18.2 Å². The van der Waals surface area contributed by atoms with Crippen molar-refractivity contribution in [2.24, 2.45) is 11.5 Å². The highest BCUT2D eigenvalue weighted by Gasteiger charge is 2.39. The summed E-state index contributed by atoms with van der Waals surface area (Å²) < 4.78 is 79.7. The van der Waals surface area contributed by atoms with E-state index in [1.807, 2.05) is 0 Å². The lowest BCUT2D eigenvalue weighted by atomic mass is 10.0. The van der Waals surface area contributed by atoms with Crippen LogP contribution in [-0.4, -0.2) is 78.9 Å². The number of carboxylic acid groups (broad SMARTS) is 2. The molecule has 0 spiro atoms. The first kappa shape index (κ1) is 42.9. The number of nitrogens with zero attached hydrogens (tertiary/aromatic N) is 4. The molecule has 0 bridgehead atoms. The molecule has 0 radical (unpaired) electrons. The third kappa shape index (κ3) is 12.8. The minimum atomic E-state index is -5.08. The highest BCUT2D eigenvalue weighted by Crippen LogP contribution is 2.28. The van der Waals surface area contributed by atoms with Crippen molar-refractivity contribution in [3.05, 3.63) is 98.1 Å². The van der Waals surface area contributed by atoms with E-state index in [4.69, 9.17) is 31.3 Å². The van der Waals surface area contributed by atoms with E-state index < -0.39 is 45.9 Å². The van der Waals surface area contributed by atoms with Gasteiger partial charge in [0.1, 0.15) is 5.82 Å². The van der Waals surface area contributed by atoms with Crippen LogP contribution in [0.25, 0.3) is 22.2 Å². The van der Waals surface area contributed by atoms with Crippen LogP contribution >= 0.6 is 0 Å². The SMILES string of the molecule is NCCC[C@H](N)CNC(=O)c1nc2ccc(-c3ccc([N+](=O)[O-])cc3)cc2n1Cc1cc([N+](=O)[O-])ccc1F.O=C(O)C(F)(F)F.O=C(O)C(F)(F)F. The van der Waals surface area contributed by atoms with Gasteiger partial charge in [0.05, 0.1) is 27.4 Å². The first-order valence-electron chi connectivity index (χ1n) is 14.6. The first-order valence-corrected chi connectivity index (χ1v) is 14.6. The number of fused-ring (bicyclic) bond motifs is 1. The van der Waals surface area contributed by atoms with Crippen molar-refractivity contribution in [3.8, 4) is 11.1 Å². The van der Waals surface area contributed by atoms with Gasteiger partial charge in [0.25, 0.3) is 17.3 Å². The molecule has 0 saturated heterocycles. The summed E-state index contributed by atoms with van der Waals surface area (Å²) in [6, 6.07) is 14.0. The van der Waals surface area contributed by atoms with Crippen LogP contribution in [0.15, 0.2) is 60.7 Å². The zero-order valence-corrected chi connectivity index (χ0v) is 26.7. The lowest BCUT2D eigenvalue weighted by molar-refractivity contribution is -0.385. The summed E-state index contributed by atoms with van der Waals surface area (Å²) in [6.07, 6.45) is -8.85. The van der Waals surface area contributed by atoms with Gasteiger partial charge in [0, 0.05) is 42.4 Å². The second-order valence-corrected chi connectivity index (χ2v) is 10.6. The number of amides is 1. The summed E-state index contributed by atoms with van der Waals surface area (Å²) in [4.78, 5) is 56.6. The van der Waals surface area contributed by atoms with E-state index >= 15 is 0 Å². The Bertz CT molecular complexity index is 1930.